The standard InChI is InChI=1S/C67H43N3O2/c1-5-20-44(21-6-1)68(45-22-7-2-8-23-45)49-36-38-53-55-42-62-59(43-65(55)71-64(53)41-49)67(56-32-16-13-28-50(56)51-29-14-17-33-57(51)67)58-40-48(37-39-60(58)70(62)47-26-11-4-12-27-47)69(46-24-9-3-10-25-46)61-34-19-31-54-52-30-15-18-35-63(52)72-66(54)61/h1-43H. The van der Waals surface area contributed by atoms with Crippen molar-refractivity contribution >= 4 is 95.1 Å². The Hall–Kier alpha value is -9.58. The fraction of sp³-hybridized carbons (Fsp3) is 0.0149. The molecule has 72 heavy (non-hydrogen) atoms. The molecule has 13 aromatic rings. The molecule has 11 aromatic carbocycles. The van der Waals surface area contributed by atoms with Crippen molar-refractivity contribution in [3.8, 4) is 11.1 Å². The molecule has 0 bridgehead atoms. The lowest BCUT2D eigenvalue weighted by atomic mass is 9.64. The summed E-state index contributed by atoms with van der Waals surface area (Å²) in [4.78, 5) is 7.12. The monoisotopic (exact) mass is 921 g/mol. The third kappa shape index (κ3) is 5.82. The Balaban J connectivity index is 1.02. The third-order valence-corrected chi connectivity index (χ3v) is 15.0. The first kappa shape index (κ1) is 40.3. The van der Waals surface area contributed by atoms with E-state index < -0.39 is 5.41 Å². The van der Waals surface area contributed by atoms with E-state index in [0.29, 0.717) is 0 Å². The van der Waals surface area contributed by atoms with Gasteiger partial charge >= 0.3 is 0 Å². The van der Waals surface area contributed by atoms with Gasteiger partial charge in [0.2, 0.25) is 0 Å². The molecule has 0 fully saturated rings. The Morgan fingerprint density at radius 1 is 0.306 bits per heavy atom. The van der Waals surface area contributed by atoms with Crippen molar-refractivity contribution in [3.05, 3.63) is 283 Å². The molecule has 0 N–H and O–H groups in total. The summed E-state index contributed by atoms with van der Waals surface area (Å²) in [6, 6.07) is 93.8. The van der Waals surface area contributed by atoms with Crippen LogP contribution in [0.5, 0.6) is 0 Å². The molecule has 1 spiro atoms. The van der Waals surface area contributed by atoms with Crippen molar-refractivity contribution in [3.63, 3.8) is 0 Å². The van der Waals surface area contributed by atoms with Crippen molar-refractivity contribution in [2.75, 3.05) is 14.7 Å². The van der Waals surface area contributed by atoms with E-state index in [-0.39, 0.29) is 0 Å². The van der Waals surface area contributed by atoms with Crippen molar-refractivity contribution in [1.82, 2.24) is 0 Å². The fourth-order valence-electron chi connectivity index (χ4n) is 12.0. The normalized spacial score (nSPS) is 13.1. The highest BCUT2D eigenvalue weighted by atomic mass is 16.3. The van der Waals surface area contributed by atoms with Gasteiger partial charge in [0.1, 0.15) is 16.7 Å². The van der Waals surface area contributed by atoms with Gasteiger partial charge in [-0.15, -0.1) is 0 Å². The summed E-state index contributed by atoms with van der Waals surface area (Å²) in [5.74, 6) is 0. The number of hydrogen-bond donors (Lipinski definition) is 0. The van der Waals surface area contributed by atoms with Crippen LogP contribution in [0.25, 0.3) is 55.0 Å². The summed E-state index contributed by atoms with van der Waals surface area (Å²) in [6.45, 7) is 0. The highest BCUT2D eigenvalue weighted by Crippen LogP contribution is 2.65. The van der Waals surface area contributed by atoms with E-state index in [1.807, 2.05) is 6.07 Å². The molecule has 0 radical (unpaired) electrons. The smallest absolute Gasteiger partial charge is 0.159 e. The maximum Gasteiger partial charge on any atom is 0.159 e. The van der Waals surface area contributed by atoms with Gasteiger partial charge in [0.25, 0.3) is 0 Å². The van der Waals surface area contributed by atoms with E-state index in [9.17, 15) is 0 Å². The average Bonchev–Trinajstić information content (AvgIpc) is 4.10. The van der Waals surface area contributed by atoms with E-state index in [2.05, 4.69) is 269 Å². The number of hydrogen-bond acceptors (Lipinski definition) is 5. The van der Waals surface area contributed by atoms with E-state index >= 15 is 0 Å². The molecule has 0 atom stereocenters. The predicted octanol–water partition coefficient (Wildman–Crippen LogP) is 18.6. The molecule has 5 heteroatoms. The molecule has 2 aliphatic rings. The first-order valence-electron chi connectivity index (χ1n) is 24.6. The summed E-state index contributed by atoms with van der Waals surface area (Å²) in [6.07, 6.45) is 0. The summed E-state index contributed by atoms with van der Waals surface area (Å²) in [7, 11) is 0. The van der Waals surface area contributed by atoms with E-state index in [1.165, 1.54) is 27.8 Å². The number of rotatable bonds is 7. The van der Waals surface area contributed by atoms with Crippen LogP contribution in [0.2, 0.25) is 0 Å². The lowest BCUT2D eigenvalue weighted by Gasteiger charge is -2.45. The second kappa shape index (κ2) is 15.7. The molecule has 1 aliphatic heterocycles. The van der Waals surface area contributed by atoms with Gasteiger partial charge in [-0.3, -0.25) is 0 Å². The summed E-state index contributed by atoms with van der Waals surface area (Å²) < 4.78 is 14.0. The molecule has 3 heterocycles. The molecule has 0 unspecified atom stereocenters. The zero-order chi connectivity index (χ0) is 47.3. The van der Waals surface area contributed by atoms with Crippen LogP contribution in [0.4, 0.5) is 51.2 Å². The van der Waals surface area contributed by atoms with Gasteiger partial charge in [0.05, 0.1) is 22.5 Å². The first-order valence-corrected chi connectivity index (χ1v) is 24.6. The maximum atomic E-state index is 7.17. The van der Waals surface area contributed by atoms with Crippen molar-refractivity contribution < 1.29 is 8.83 Å². The summed E-state index contributed by atoms with van der Waals surface area (Å²) >= 11 is 0. The minimum absolute atomic E-state index is 0.747. The molecule has 15 rings (SSSR count). The van der Waals surface area contributed by atoms with Crippen molar-refractivity contribution in [1.29, 1.82) is 0 Å². The van der Waals surface area contributed by atoms with Crippen LogP contribution in [0.3, 0.4) is 0 Å². The van der Waals surface area contributed by atoms with Crippen LogP contribution in [-0.2, 0) is 5.41 Å². The Labute approximate surface area is 416 Å². The zero-order valence-electron chi connectivity index (χ0n) is 39.0. The van der Waals surface area contributed by atoms with Gasteiger partial charge in [-0.05, 0) is 137 Å². The highest BCUT2D eigenvalue weighted by Gasteiger charge is 2.52. The van der Waals surface area contributed by atoms with Gasteiger partial charge in [-0.25, -0.2) is 0 Å². The summed E-state index contributed by atoms with van der Waals surface area (Å²) in [5.41, 5.74) is 19.4. The number of fused-ring (bicyclic) bond motifs is 15. The molecule has 0 saturated carbocycles. The molecule has 1 aliphatic carbocycles. The highest BCUT2D eigenvalue weighted by molar-refractivity contribution is 6.12. The molecular weight excluding hydrogens is 879 g/mol. The Bertz CT molecular complexity index is 4150. The van der Waals surface area contributed by atoms with E-state index in [1.54, 1.807) is 0 Å². The second-order valence-electron chi connectivity index (χ2n) is 18.8. The number of benzene rings is 11. The molecule has 2 aromatic heterocycles. The van der Waals surface area contributed by atoms with Crippen LogP contribution in [0.15, 0.2) is 270 Å². The Morgan fingerprint density at radius 2 is 0.833 bits per heavy atom. The molecular formula is C67H43N3O2. The van der Waals surface area contributed by atoms with Crippen LogP contribution in [0, 0.1) is 0 Å². The van der Waals surface area contributed by atoms with Crippen molar-refractivity contribution in [2.24, 2.45) is 0 Å². The Kier molecular flexibility index (Phi) is 8.80. The topological polar surface area (TPSA) is 36.0 Å². The Morgan fingerprint density at radius 3 is 1.53 bits per heavy atom. The van der Waals surface area contributed by atoms with Gasteiger partial charge in [-0.2, -0.15) is 0 Å². The molecule has 0 amide bonds. The minimum atomic E-state index is -0.747. The predicted molar refractivity (Wildman–Crippen MR) is 296 cm³/mol. The average molecular weight is 922 g/mol. The van der Waals surface area contributed by atoms with Gasteiger partial charge in [0.15, 0.2) is 5.58 Å². The van der Waals surface area contributed by atoms with Crippen LogP contribution in [-0.4, -0.2) is 0 Å². The minimum Gasteiger partial charge on any atom is -0.456 e. The fourth-order valence-corrected chi connectivity index (χ4v) is 12.0. The van der Waals surface area contributed by atoms with E-state index in [4.69, 9.17) is 8.83 Å². The largest absolute Gasteiger partial charge is 0.456 e. The molecule has 0 saturated heterocycles. The van der Waals surface area contributed by atoms with Gasteiger partial charge in [-0.1, -0.05) is 152 Å². The zero-order valence-corrected chi connectivity index (χ0v) is 39.0. The summed E-state index contributed by atoms with van der Waals surface area (Å²) in [5, 5.41) is 4.30. The van der Waals surface area contributed by atoms with Crippen LogP contribution in [0.1, 0.15) is 22.3 Å². The maximum absolute atomic E-state index is 7.17. The lowest BCUT2D eigenvalue weighted by molar-refractivity contribution is 0.665. The third-order valence-electron chi connectivity index (χ3n) is 15.0. The van der Waals surface area contributed by atoms with Crippen molar-refractivity contribution in [2.45, 2.75) is 5.41 Å². The lowest BCUT2D eigenvalue weighted by Crippen LogP contribution is -2.36. The van der Waals surface area contributed by atoms with Crippen LogP contribution >= 0.6 is 0 Å². The SMILES string of the molecule is c1ccc(N(c2ccccc2)c2ccc3c(c2)oc2cc4c(cc23)N(c2ccccc2)c2ccc(N(c3ccccc3)c3cccc5c3oc3ccccc35)cc2C42c3ccccc3-c3ccccc32)cc1. The van der Waals surface area contributed by atoms with Gasteiger partial charge in [0, 0.05) is 61.7 Å². The van der Waals surface area contributed by atoms with Gasteiger partial charge < -0.3 is 23.5 Å². The first-order chi connectivity index (χ1) is 35.7. The van der Waals surface area contributed by atoms with Crippen LogP contribution < -0.4 is 14.7 Å². The molecule has 338 valence electrons. The quantitative estimate of drug-likeness (QED) is 0.159. The van der Waals surface area contributed by atoms with E-state index in [0.717, 1.165) is 101 Å². The number of furan rings is 2. The molecule has 5 nitrogen and oxygen atoms in total. The number of para-hydroxylation sites is 6. The number of nitrogens with zero attached hydrogens (tertiary/aromatic N) is 3. The number of anilines is 9. The second-order valence-corrected chi connectivity index (χ2v) is 18.8.